The second kappa shape index (κ2) is 30.9. The van der Waals surface area contributed by atoms with Crippen LogP contribution in [0.15, 0.2) is 0 Å². The van der Waals surface area contributed by atoms with Crippen molar-refractivity contribution in [2.45, 2.75) is 0 Å². The van der Waals surface area contributed by atoms with Gasteiger partial charge in [-0.25, -0.2) is 0 Å². The minimum Gasteiger partial charge on any atom is -0.0149 e. The molecule has 0 aliphatic rings. The number of rotatable bonds is 0. The standard InChI is InChI=1S/BH3.Mo.H4Si.Ti.Zr/h1H3;;1H4;;. The molecule has 28 valence electrons. The summed E-state index contributed by atoms with van der Waals surface area (Å²) >= 11 is 0. The molecule has 0 saturated carbocycles. The Morgan fingerprint density at radius 2 is 1.00 bits per heavy atom. The third-order valence-electron chi connectivity index (χ3n) is 0. The van der Waals surface area contributed by atoms with E-state index in [1.54, 1.807) is 0 Å². The first kappa shape index (κ1) is 49.5. The van der Waals surface area contributed by atoms with Gasteiger partial charge in [0.1, 0.15) is 0 Å². The Balaban J connectivity index is 0. The largest absolute Gasteiger partial charge is 0.0814 e. The predicted molar refractivity (Wildman–Crippen MR) is 21.3 cm³/mol. The van der Waals surface area contributed by atoms with E-state index in [1.807, 2.05) is 0 Å². The predicted octanol–water partition coefficient (Wildman–Crippen LogP) is -2.64. The van der Waals surface area contributed by atoms with Crippen LogP contribution in [0.25, 0.3) is 0 Å². The van der Waals surface area contributed by atoms with Gasteiger partial charge in [0, 0.05) is 69.0 Å². The Bertz CT molecular complexity index is 11.6. The third-order valence-corrected chi connectivity index (χ3v) is 0. The molecule has 0 fully saturated rings. The van der Waals surface area contributed by atoms with Gasteiger partial charge in [-0.2, -0.15) is 0 Å². The van der Waals surface area contributed by atoms with Gasteiger partial charge < -0.3 is 0 Å². The quantitative estimate of drug-likeness (QED) is 0.426. The van der Waals surface area contributed by atoms with E-state index in [9.17, 15) is 0 Å². The molecule has 0 atom stereocenters. The molecule has 5 heteroatoms. The van der Waals surface area contributed by atoms with Crippen LogP contribution in [-0.4, -0.2) is 19.4 Å². The van der Waals surface area contributed by atoms with E-state index in [-0.39, 0.29) is 88.4 Å². The number of hydrogen-bond donors (Lipinski definition) is 0. The van der Waals surface area contributed by atoms with Crippen LogP contribution in [0.5, 0.6) is 0 Å². The van der Waals surface area contributed by atoms with Gasteiger partial charge in [-0.3, -0.25) is 0 Å². The van der Waals surface area contributed by atoms with E-state index < -0.39 is 0 Å². The fourth-order valence-corrected chi connectivity index (χ4v) is 0. The Hall–Kier alpha value is 2.57. The maximum atomic E-state index is 0. The van der Waals surface area contributed by atoms with Crippen molar-refractivity contribution < 1.29 is 69.0 Å². The maximum Gasteiger partial charge on any atom is 0.0814 e. The molecule has 0 aromatic rings. The molecule has 0 radical (unpaired) electrons. The van der Waals surface area contributed by atoms with E-state index in [0.29, 0.717) is 0 Å². The molecule has 0 heterocycles. The van der Waals surface area contributed by atoms with E-state index in [4.69, 9.17) is 0 Å². The molecule has 0 saturated heterocycles. The smallest absolute Gasteiger partial charge is 0.0149 e. The Morgan fingerprint density at radius 3 is 1.00 bits per heavy atom. The van der Waals surface area contributed by atoms with E-state index in [2.05, 4.69) is 0 Å². The first-order chi connectivity index (χ1) is 0. The van der Waals surface area contributed by atoms with Crippen LogP contribution >= 0.6 is 0 Å². The van der Waals surface area contributed by atoms with Gasteiger partial charge in [-0.1, -0.05) is 0 Å². The van der Waals surface area contributed by atoms with E-state index in [1.165, 1.54) is 0 Å². The molecule has 0 nitrogen and oxygen atoms in total. The van der Waals surface area contributed by atoms with Crippen molar-refractivity contribution in [3.63, 3.8) is 0 Å². The fourth-order valence-electron chi connectivity index (χ4n) is 0. The van der Waals surface area contributed by atoms with Crippen LogP contribution in [0.1, 0.15) is 0 Å². The molecule has 5 heavy (non-hydrogen) atoms. The molecule has 0 aromatic heterocycles. The van der Waals surface area contributed by atoms with Crippen LogP contribution in [0.3, 0.4) is 0 Å². The Morgan fingerprint density at radius 1 is 1.00 bits per heavy atom. The molecule has 0 unspecified atom stereocenters. The van der Waals surface area contributed by atoms with Gasteiger partial charge in [0.25, 0.3) is 0 Å². The normalized spacial score (nSPS) is 0. The summed E-state index contributed by atoms with van der Waals surface area (Å²) in [5.41, 5.74) is 0. The Kier molecular flexibility index (Phi) is 306. The first-order valence-corrected chi connectivity index (χ1v) is 0. The van der Waals surface area contributed by atoms with Crippen LogP contribution in [0, 0.1) is 0 Å². The third kappa shape index (κ3) is 20.8. The van der Waals surface area contributed by atoms with Gasteiger partial charge >= 0.3 is 0 Å². The summed E-state index contributed by atoms with van der Waals surface area (Å²) in [6, 6.07) is 0. The van der Waals surface area contributed by atoms with Gasteiger partial charge in [0.15, 0.2) is 0 Å². The summed E-state index contributed by atoms with van der Waals surface area (Å²) in [4.78, 5) is 0. The molecule has 0 N–H and O–H groups in total. The topological polar surface area (TPSA) is 0 Å². The second-order valence-electron chi connectivity index (χ2n) is 0. The van der Waals surface area contributed by atoms with E-state index >= 15 is 0 Å². The first-order valence-electron chi connectivity index (χ1n) is 0. The monoisotopic (exact) mass is 282 g/mol. The summed E-state index contributed by atoms with van der Waals surface area (Å²) in [7, 11) is 0. The van der Waals surface area contributed by atoms with Crippen LogP contribution in [-0.2, 0) is 69.0 Å². The second-order valence-corrected chi connectivity index (χ2v) is 0. The summed E-state index contributed by atoms with van der Waals surface area (Å²) in [5, 5.41) is 0. The molecular formula is H7BMoSiTiZr. The van der Waals surface area contributed by atoms with Crippen LogP contribution in [0.4, 0.5) is 0 Å². The summed E-state index contributed by atoms with van der Waals surface area (Å²) in [6.45, 7) is 0. The van der Waals surface area contributed by atoms with Crippen LogP contribution < -0.4 is 0 Å². The fraction of sp³-hybridized carbons (Fsp3) is 0. The van der Waals surface area contributed by atoms with Gasteiger partial charge in [0.2, 0.25) is 0 Å². The van der Waals surface area contributed by atoms with Crippen molar-refractivity contribution in [3.05, 3.63) is 0 Å². The Labute approximate surface area is 87.1 Å². The number of hydrogen-bond acceptors (Lipinski definition) is 0. The minimum atomic E-state index is 0. The van der Waals surface area contributed by atoms with Crippen LogP contribution in [0.2, 0.25) is 0 Å². The van der Waals surface area contributed by atoms with Crippen molar-refractivity contribution in [2.24, 2.45) is 0 Å². The zero-order valence-corrected chi connectivity index (χ0v) is 7.43. The van der Waals surface area contributed by atoms with Crippen molar-refractivity contribution in [3.8, 4) is 0 Å². The minimum absolute atomic E-state index is 0. The van der Waals surface area contributed by atoms with E-state index in [0.717, 1.165) is 0 Å². The van der Waals surface area contributed by atoms with Crippen molar-refractivity contribution in [1.82, 2.24) is 0 Å². The molecule has 0 spiro atoms. The van der Waals surface area contributed by atoms with Crippen molar-refractivity contribution in [1.29, 1.82) is 0 Å². The molecule has 0 amide bonds. The van der Waals surface area contributed by atoms with Gasteiger partial charge in [0.05, 0.1) is 8.41 Å². The van der Waals surface area contributed by atoms with Crippen molar-refractivity contribution >= 4 is 19.4 Å². The summed E-state index contributed by atoms with van der Waals surface area (Å²) < 4.78 is 0. The molecular weight excluding hydrogens is 274 g/mol. The average Bonchev–Trinajstić information content (AvgIpc) is 0. The molecule has 0 aliphatic carbocycles. The molecule has 0 aliphatic heterocycles. The summed E-state index contributed by atoms with van der Waals surface area (Å²) in [5.74, 6) is 0. The van der Waals surface area contributed by atoms with Crippen molar-refractivity contribution in [2.75, 3.05) is 0 Å². The van der Waals surface area contributed by atoms with Gasteiger partial charge in [-0.15, -0.1) is 0 Å². The maximum absolute atomic E-state index is 0. The molecule has 0 aromatic carbocycles. The molecule has 0 bridgehead atoms. The van der Waals surface area contributed by atoms with Gasteiger partial charge in [-0.05, 0) is 11.0 Å². The summed E-state index contributed by atoms with van der Waals surface area (Å²) in [6.07, 6.45) is 0. The zero-order valence-electron chi connectivity index (χ0n) is 1.41. The SMILES string of the molecule is B.[Mo].[SiH4].[Ti].[Zr]. The average molecular weight is 281 g/mol. The molecule has 0 rings (SSSR count). The zero-order chi connectivity index (χ0) is 0.